The number of nitrogens with zero attached hydrogens (tertiary/aromatic N) is 1. The number of aryl methyl sites for hydroxylation is 2. The number of nitrogens with one attached hydrogen (secondary N) is 1. The molecule has 1 N–H and O–H groups in total. The monoisotopic (exact) mass is 288 g/mol. The summed E-state index contributed by atoms with van der Waals surface area (Å²) in [5, 5.41) is 3.38. The van der Waals surface area contributed by atoms with Crippen LogP contribution in [-0.4, -0.2) is 38.3 Å². The number of likely N-dealkylation sites (N-methyl/N-ethyl adjacent to an activating group) is 1. The van der Waals surface area contributed by atoms with Crippen molar-refractivity contribution >= 4 is 11.6 Å². The Kier molecular flexibility index (Phi) is 4.27. The van der Waals surface area contributed by atoms with Gasteiger partial charge in [-0.3, -0.25) is 4.79 Å². The Bertz CT molecular complexity index is 530. The topological polar surface area (TPSA) is 41.6 Å². The second-order valence-corrected chi connectivity index (χ2v) is 5.98. The van der Waals surface area contributed by atoms with Crippen molar-refractivity contribution in [2.24, 2.45) is 5.92 Å². The zero-order valence-corrected chi connectivity index (χ0v) is 12.9. The van der Waals surface area contributed by atoms with Gasteiger partial charge in [0, 0.05) is 18.3 Å². The molecule has 21 heavy (non-hydrogen) atoms. The first-order chi connectivity index (χ1) is 10.2. The van der Waals surface area contributed by atoms with E-state index in [1.54, 1.807) is 0 Å². The van der Waals surface area contributed by atoms with Crippen LogP contribution in [0.1, 0.15) is 24.5 Å². The van der Waals surface area contributed by atoms with Gasteiger partial charge >= 0.3 is 0 Å². The van der Waals surface area contributed by atoms with Crippen molar-refractivity contribution in [3.63, 3.8) is 0 Å². The molecule has 1 amide bonds. The van der Waals surface area contributed by atoms with Crippen LogP contribution in [0.15, 0.2) is 18.2 Å². The molecule has 2 aliphatic rings. The normalized spacial score (nSPS) is 25.0. The Labute approximate surface area is 126 Å². The van der Waals surface area contributed by atoms with Crippen molar-refractivity contribution in [3.8, 4) is 0 Å². The lowest BCUT2D eigenvalue weighted by atomic mass is 9.95. The van der Waals surface area contributed by atoms with Crippen molar-refractivity contribution in [1.82, 2.24) is 5.32 Å². The third kappa shape index (κ3) is 2.70. The molecular weight excluding hydrogens is 264 g/mol. The van der Waals surface area contributed by atoms with Crippen LogP contribution >= 0.6 is 0 Å². The zero-order chi connectivity index (χ0) is 14.8. The minimum atomic E-state index is -0.0597. The van der Waals surface area contributed by atoms with Gasteiger partial charge in [-0.25, -0.2) is 0 Å². The maximum absolute atomic E-state index is 13.0. The summed E-state index contributed by atoms with van der Waals surface area (Å²) in [5.74, 6) is 0.157. The number of benzene rings is 1. The third-order valence-electron chi connectivity index (χ3n) is 4.55. The van der Waals surface area contributed by atoms with Gasteiger partial charge in [-0.05, 0) is 37.4 Å². The molecule has 1 saturated heterocycles. The molecule has 0 aliphatic carbocycles. The Morgan fingerprint density at radius 1 is 1.43 bits per heavy atom. The fraction of sp³-hybridized carbons (Fsp3) is 0.588. The van der Waals surface area contributed by atoms with Crippen LogP contribution in [-0.2, 0) is 16.0 Å². The van der Waals surface area contributed by atoms with Crippen molar-refractivity contribution in [1.29, 1.82) is 0 Å². The maximum atomic E-state index is 13.0. The SMILES string of the molecule is CCNC1COCC1C(=O)N1CCCc2cccc(C)c21. The maximum Gasteiger partial charge on any atom is 0.234 e. The Balaban J connectivity index is 1.86. The zero-order valence-electron chi connectivity index (χ0n) is 12.9. The minimum absolute atomic E-state index is 0.0597. The highest BCUT2D eigenvalue weighted by Crippen LogP contribution is 2.32. The molecular formula is C17H24N2O2. The number of carbonyl (C=O) groups is 1. The number of anilines is 1. The van der Waals surface area contributed by atoms with E-state index in [1.807, 2.05) is 4.90 Å². The highest BCUT2D eigenvalue weighted by molar-refractivity contribution is 5.97. The van der Waals surface area contributed by atoms with E-state index in [0.717, 1.165) is 31.6 Å². The molecule has 4 heteroatoms. The molecule has 1 aromatic rings. The van der Waals surface area contributed by atoms with Crippen LogP contribution in [0, 0.1) is 12.8 Å². The summed E-state index contributed by atoms with van der Waals surface area (Å²) >= 11 is 0. The molecule has 0 radical (unpaired) electrons. The lowest BCUT2D eigenvalue weighted by Crippen LogP contribution is -2.47. The first kappa shape index (κ1) is 14.5. The van der Waals surface area contributed by atoms with Crippen LogP contribution in [0.5, 0.6) is 0 Å². The van der Waals surface area contributed by atoms with E-state index in [-0.39, 0.29) is 17.9 Å². The molecule has 2 aliphatic heterocycles. The molecule has 2 heterocycles. The average molecular weight is 288 g/mol. The summed E-state index contributed by atoms with van der Waals surface area (Å²) in [4.78, 5) is 15.0. The first-order valence-electron chi connectivity index (χ1n) is 7.93. The van der Waals surface area contributed by atoms with E-state index in [0.29, 0.717) is 13.2 Å². The molecule has 114 valence electrons. The number of rotatable bonds is 3. The molecule has 1 fully saturated rings. The van der Waals surface area contributed by atoms with E-state index in [4.69, 9.17) is 4.74 Å². The second kappa shape index (κ2) is 6.16. The quantitative estimate of drug-likeness (QED) is 0.923. The molecule has 2 unspecified atom stereocenters. The first-order valence-corrected chi connectivity index (χ1v) is 7.93. The van der Waals surface area contributed by atoms with Crippen molar-refractivity contribution < 1.29 is 9.53 Å². The van der Waals surface area contributed by atoms with Crippen LogP contribution < -0.4 is 10.2 Å². The number of fused-ring (bicyclic) bond motifs is 1. The largest absolute Gasteiger partial charge is 0.379 e. The van der Waals surface area contributed by atoms with Gasteiger partial charge in [0.1, 0.15) is 0 Å². The predicted octanol–water partition coefficient (Wildman–Crippen LogP) is 1.90. The predicted molar refractivity (Wildman–Crippen MR) is 83.6 cm³/mol. The molecule has 0 aromatic heterocycles. The van der Waals surface area contributed by atoms with E-state index in [9.17, 15) is 4.79 Å². The van der Waals surface area contributed by atoms with Gasteiger partial charge < -0.3 is 15.0 Å². The highest BCUT2D eigenvalue weighted by atomic mass is 16.5. The Morgan fingerprint density at radius 3 is 3.10 bits per heavy atom. The van der Waals surface area contributed by atoms with Gasteiger partial charge in [0.2, 0.25) is 5.91 Å². The fourth-order valence-electron chi connectivity index (χ4n) is 3.53. The fourth-order valence-corrected chi connectivity index (χ4v) is 3.53. The molecule has 4 nitrogen and oxygen atoms in total. The van der Waals surface area contributed by atoms with Gasteiger partial charge in [0.05, 0.1) is 19.1 Å². The van der Waals surface area contributed by atoms with E-state index < -0.39 is 0 Å². The number of hydrogen-bond acceptors (Lipinski definition) is 3. The van der Waals surface area contributed by atoms with Crippen LogP contribution in [0.4, 0.5) is 5.69 Å². The minimum Gasteiger partial charge on any atom is -0.379 e. The Morgan fingerprint density at radius 2 is 2.29 bits per heavy atom. The van der Waals surface area contributed by atoms with Crippen LogP contribution in [0.25, 0.3) is 0 Å². The second-order valence-electron chi connectivity index (χ2n) is 5.98. The standard InChI is InChI=1S/C17H24N2O2/c1-3-18-15-11-21-10-14(15)17(20)19-9-5-8-13-7-4-6-12(2)16(13)19/h4,6-7,14-15,18H,3,5,8-11H2,1-2H3. The average Bonchev–Trinajstić information content (AvgIpc) is 2.95. The molecule has 3 rings (SSSR count). The molecule has 1 aromatic carbocycles. The summed E-state index contributed by atoms with van der Waals surface area (Å²) in [6, 6.07) is 6.48. The highest BCUT2D eigenvalue weighted by Gasteiger charge is 2.38. The van der Waals surface area contributed by atoms with E-state index in [2.05, 4.69) is 37.4 Å². The van der Waals surface area contributed by atoms with Gasteiger partial charge in [-0.1, -0.05) is 25.1 Å². The van der Waals surface area contributed by atoms with Crippen molar-refractivity contribution in [3.05, 3.63) is 29.3 Å². The van der Waals surface area contributed by atoms with Gasteiger partial charge in [-0.2, -0.15) is 0 Å². The number of hydrogen-bond donors (Lipinski definition) is 1. The Hall–Kier alpha value is -1.39. The number of para-hydroxylation sites is 1. The molecule has 0 spiro atoms. The van der Waals surface area contributed by atoms with Gasteiger partial charge in [-0.15, -0.1) is 0 Å². The smallest absolute Gasteiger partial charge is 0.234 e. The lowest BCUT2D eigenvalue weighted by molar-refractivity contribution is -0.122. The molecule has 0 bridgehead atoms. The summed E-state index contributed by atoms with van der Waals surface area (Å²) in [7, 11) is 0. The molecule has 2 atom stereocenters. The number of ether oxygens (including phenoxy) is 1. The third-order valence-corrected chi connectivity index (χ3v) is 4.55. The summed E-state index contributed by atoms with van der Waals surface area (Å²) in [6.45, 7) is 7.03. The van der Waals surface area contributed by atoms with Gasteiger partial charge in [0.15, 0.2) is 0 Å². The van der Waals surface area contributed by atoms with Gasteiger partial charge in [0.25, 0.3) is 0 Å². The summed E-state index contributed by atoms with van der Waals surface area (Å²) in [6.07, 6.45) is 2.11. The van der Waals surface area contributed by atoms with Crippen molar-refractivity contribution in [2.45, 2.75) is 32.7 Å². The van der Waals surface area contributed by atoms with Crippen LogP contribution in [0.2, 0.25) is 0 Å². The molecule has 0 saturated carbocycles. The van der Waals surface area contributed by atoms with E-state index >= 15 is 0 Å². The lowest BCUT2D eigenvalue weighted by Gasteiger charge is -2.33. The number of amides is 1. The number of carbonyl (C=O) groups excluding carboxylic acids is 1. The van der Waals surface area contributed by atoms with Crippen molar-refractivity contribution in [2.75, 3.05) is 31.2 Å². The van der Waals surface area contributed by atoms with Crippen LogP contribution in [0.3, 0.4) is 0 Å². The summed E-state index contributed by atoms with van der Waals surface area (Å²) < 4.78 is 5.54. The summed E-state index contributed by atoms with van der Waals surface area (Å²) in [5.41, 5.74) is 3.63. The van der Waals surface area contributed by atoms with E-state index in [1.165, 1.54) is 11.1 Å².